The summed E-state index contributed by atoms with van der Waals surface area (Å²) in [6.07, 6.45) is 4.90. The van der Waals surface area contributed by atoms with Gasteiger partial charge in [-0.2, -0.15) is 8.78 Å². The van der Waals surface area contributed by atoms with Crippen molar-refractivity contribution in [2.75, 3.05) is 5.32 Å². The number of halogens is 3. The molecule has 150 valence electrons. The van der Waals surface area contributed by atoms with Gasteiger partial charge in [-0.25, -0.2) is 4.79 Å². The number of benzene rings is 1. The maximum absolute atomic E-state index is 12.5. The largest absolute Gasteiger partial charge is 0.478 e. The molecule has 1 saturated carbocycles. The number of rotatable bonds is 6. The fraction of sp³-hybridized carbons (Fsp3) is 0.368. The first-order valence-electron chi connectivity index (χ1n) is 8.78. The first kappa shape index (κ1) is 20.5. The number of hydrogen-bond donors (Lipinski definition) is 2. The SMILES string of the molecule is O=C(Nc1sc(Cl)c(C2CCCCC2)c1C(=O)O)c1ccc(OC(F)F)cc1. The molecule has 1 heterocycles. The quantitative estimate of drug-likeness (QED) is 0.590. The monoisotopic (exact) mass is 429 g/mol. The molecule has 1 aliphatic rings. The molecule has 2 aromatic rings. The third-order valence-corrected chi connectivity index (χ3v) is 6.04. The van der Waals surface area contributed by atoms with Crippen molar-refractivity contribution in [2.24, 2.45) is 0 Å². The fourth-order valence-electron chi connectivity index (χ4n) is 3.44. The number of alkyl halides is 2. The number of amides is 1. The number of carbonyl (C=O) groups is 2. The summed E-state index contributed by atoms with van der Waals surface area (Å²) in [4.78, 5) is 24.4. The summed E-state index contributed by atoms with van der Waals surface area (Å²) in [6, 6.07) is 5.14. The van der Waals surface area contributed by atoms with Crippen LogP contribution in [-0.2, 0) is 0 Å². The summed E-state index contributed by atoms with van der Waals surface area (Å²) in [6.45, 7) is -2.95. The molecule has 0 saturated heterocycles. The number of carboxylic acid groups (broad SMARTS) is 1. The van der Waals surface area contributed by atoms with E-state index in [1.54, 1.807) is 0 Å². The standard InChI is InChI=1S/C19H18ClF2NO4S/c20-15-13(10-4-2-1-3-5-10)14(18(25)26)17(28-15)23-16(24)11-6-8-12(9-7-11)27-19(21)22/h6-10,19H,1-5H2,(H,23,24)(H,25,26). The van der Waals surface area contributed by atoms with Crippen LogP contribution in [0.1, 0.15) is 64.3 Å². The van der Waals surface area contributed by atoms with E-state index < -0.39 is 18.5 Å². The van der Waals surface area contributed by atoms with Crippen LogP contribution < -0.4 is 10.1 Å². The molecule has 0 aliphatic heterocycles. The van der Waals surface area contributed by atoms with Crippen molar-refractivity contribution in [3.05, 3.63) is 45.3 Å². The van der Waals surface area contributed by atoms with Crippen molar-refractivity contribution >= 4 is 39.8 Å². The van der Waals surface area contributed by atoms with Crippen LogP contribution >= 0.6 is 22.9 Å². The number of thiophene rings is 1. The molecule has 0 radical (unpaired) electrons. The highest BCUT2D eigenvalue weighted by Crippen LogP contribution is 2.46. The Morgan fingerprint density at radius 3 is 2.39 bits per heavy atom. The smallest absolute Gasteiger partial charge is 0.387 e. The lowest BCUT2D eigenvalue weighted by Crippen LogP contribution is -2.15. The zero-order chi connectivity index (χ0) is 20.3. The van der Waals surface area contributed by atoms with Crippen LogP contribution in [0, 0.1) is 0 Å². The van der Waals surface area contributed by atoms with Crippen LogP contribution in [0.2, 0.25) is 4.34 Å². The molecule has 0 bridgehead atoms. The molecule has 1 fully saturated rings. The minimum atomic E-state index is -2.95. The highest BCUT2D eigenvalue weighted by molar-refractivity contribution is 7.20. The topological polar surface area (TPSA) is 75.6 Å². The molecule has 0 unspecified atom stereocenters. The summed E-state index contributed by atoms with van der Waals surface area (Å²) in [5.74, 6) is -1.70. The maximum atomic E-state index is 12.5. The summed E-state index contributed by atoms with van der Waals surface area (Å²) in [7, 11) is 0. The number of aromatic carboxylic acids is 1. The lowest BCUT2D eigenvalue weighted by atomic mass is 9.83. The maximum Gasteiger partial charge on any atom is 0.387 e. The van der Waals surface area contributed by atoms with Gasteiger partial charge < -0.3 is 15.2 Å². The predicted molar refractivity (Wildman–Crippen MR) is 103 cm³/mol. The van der Waals surface area contributed by atoms with Crippen LogP contribution in [0.25, 0.3) is 0 Å². The summed E-state index contributed by atoms with van der Waals surface area (Å²) in [5, 5.41) is 12.5. The molecule has 2 N–H and O–H groups in total. The van der Waals surface area contributed by atoms with E-state index in [0.29, 0.717) is 9.90 Å². The number of anilines is 1. The Morgan fingerprint density at radius 2 is 1.82 bits per heavy atom. The van der Waals surface area contributed by atoms with E-state index >= 15 is 0 Å². The number of hydrogen-bond acceptors (Lipinski definition) is 4. The molecule has 9 heteroatoms. The van der Waals surface area contributed by atoms with Crippen molar-refractivity contribution in [1.29, 1.82) is 0 Å². The summed E-state index contributed by atoms with van der Waals surface area (Å²) < 4.78 is 29.0. The molecule has 0 spiro atoms. The first-order valence-corrected chi connectivity index (χ1v) is 9.98. The molecular formula is C19H18ClF2NO4S. The van der Waals surface area contributed by atoms with E-state index in [1.165, 1.54) is 24.3 Å². The average molecular weight is 430 g/mol. The van der Waals surface area contributed by atoms with Gasteiger partial charge in [-0.1, -0.05) is 30.9 Å². The van der Waals surface area contributed by atoms with Gasteiger partial charge in [-0.3, -0.25) is 4.79 Å². The Kier molecular flexibility index (Phi) is 6.51. The van der Waals surface area contributed by atoms with E-state index in [0.717, 1.165) is 43.4 Å². The van der Waals surface area contributed by atoms with E-state index in [1.807, 2.05) is 0 Å². The second-order valence-corrected chi connectivity index (χ2v) is 8.11. The van der Waals surface area contributed by atoms with Crippen LogP contribution in [0.4, 0.5) is 13.8 Å². The molecule has 28 heavy (non-hydrogen) atoms. The minimum absolute atomic E-state index is 0.0351. The van der Waals surface area contributed by atoms with E-state index in [-0.39, 0.29) is 27.8 Å². The Morgan fingerprint density at radius 1 is 1.18 bits per heavy atom. The molecule has 3 rings (SSSR count). The summed E-state index contributed by atoms with van der Waals surface area (Å²) in [5.41, 5.74) is 0.810. The zero-order valence-electron chi connectivity index (χ0n) is 14.7. The normalized spacial score (nSPS) is 14.9. The predicted octanol–water partition coefficient (Wildman–Crippen LogP) is 6.00. The summed E-state index contributed by atoms with van der Waals surface area (Å²) >= 11 is 7.37. The Labute approximate surface area is 169 Å². The Balaban J connectivity index is 1.83. The second-order valence-electron chi connectivity index (χ2n) is 6.49. The van der Waals surface area contributed by atoms with Crippen LogP contribution in [-0.4, -0.2) is 23.6 Å². The van der Waals surface area contributed by atoms with E-state index in [2.05, 4.69) is 10.1 Å². The Bertz CT molecular complexity index is 864. The number of carboxylic acids is 1. The van der Waals surface area contributed by atoms with Gasteiger partial charge in [-0.15, -0.1) is 11.3 Å². The Hall–Kier alpha value is -2.19. The third-order valence-electron chi connectivity index (χ3n) is 4.70. The molecule has 5 nitrogen and oxygen atoms in total. The third kappa shape index (κ3) is 4.62. The molecule has 0 atom stereocenters. The van der Waals surface area contributed by atoms with Crippen molar-refractivity contribution in [2.45, 2.75) is 44.6 Å². The van der Waals surface area contributed by atoms with Gasteiger partial charge in [0.05, 0.1) is 9.90 Å². The van der Waals surface area contributed by atoms with Crippen molar-refractivity contribution in [1.82, 2.24) is 0 Å². The van der Waals surface area contributed by atoms with Gasteiger partial charge in [0.1, 0.15) is 10.8 Å². The molecule has 1 aromatic carbocycles. The number of carbonyl (C=O) groups excluding carboxylic acids is 1. The fourth-order valence-corrected chi connectivity index (χ4v) is 4.92. The van der Waals surface area contributed by atoms with Crippen molar-refractivity contribution < 1.29 is 28.2 Å². The number of nitrogens with one attached hydrogen (secondary N) is 1. The van der Waals surface area contributed by atoms with Crippen LogP contribution in [0.5, 0.6) is 5.75 Å². The lowest BCUT2D eigenvalue weighted by Gasteiger charge is -2.22. The van der Waals surface area contributed by atoms with Gasteiger partial charge in [0.25, 0.3) is 5.91 Å². The molecular weight excluding hydrogens is 412 g/mol. The van der Waals surface area contributed by atoms with Gasteiger partial charge in [0, 0.05) is 11.1 Å². The molecule has 1 aliphatic carbocycles. The molecule has 1 aromatic heterocycles. The lowest BCUT2D eigenvalue weighted by molar-refractivity contribution is -0.0498. The van der Waals surface area contributed by atoms with Crippen LogP contribution in [0.15, 0.2) is 24.3 Å². The van der Waals surface area contributed by atoms with Gasteiger partial charge in [0.2, 0.25) is 0 Å². The van der Waals surface area contributed by atoms with Gasteiger partial charge in [0.15, 0.2) is 0 Å². The highest BCUT2D eigenvalue weighted by atomic mass is 35.5. The molecule has 1 amide bonds. The number of ether oxygens (including phenoxy) is 1. The van der Waals surface area contributed by atoms with E-state index in [4.69, 9.17) is 11.6 Å². The second kappa shape index (κ2) is 8.87. The van der Waals surface area contributed by atoms with Gasteiger partial charge >= 0.3 is 12.6 Å². The van der Waals surface area contributed by atoms with E-state index in [9.17, 15) is 23.5 Å². The highest BCUT2D eigenvalue weighted by Gasteiger charge is 2.30. The first-order chi connectivity index (χ1) is 13.4. The van der Waals surface area contributed by atoms with Crippen molar-refractivity contribution in [3.63, 3.8) is 0 Å². The zero-order valence-corrected chi connectivity index (χ0v) is 16.3. The minimum Gasteiger partial charge on any atom is -0.478 e. The van der Waals surface area contributed by atoms with Crippen molar-refractivity contribution in [3.8, 4) is 5.75 Å². The average Bonchev–Trinajstić information content (AvgIpc) is 2.98. The van der Waals surface area contributed by atoms with Gasteiger partial charge in [-0.05, 0) is 43.0 Å². The van der Waals surface area contributed by atoms with Crippen LogP contribution in [0.3, 0.4) is 0 Å².